The van der Waals surface area contributed by atoms with Crippen molar-refractivity contribution in [2.45, 2.75) is 52.9 Å². The standard InChI is InChI=1S/C25H29NO11/c1-14(27)33-13-23(35-16(3)29)25(37-18(5)31)24(36-17(4)30)22(34-15(2)28)11-19-12-26(32-6)21-10-8-7-9-20(19)21/h7-12,23-25H,13H2,1-6H3/b22-11+/t23-,24-,25+/m0/s1. The summed E-state index contributed by atoms with van der Waals surface area (Å²) in [6.45, 7) is 4.98. The number of ether oxygens (including phenoxy) is 5. The molecule has 0 saturated heterocycles. The highest BCUT2D eigenvalue weighted by atomic mass is 16.6. The molecule has 0 N–H and O–H groups in total. The van der Waals surface area contributed by atoms with Gasteiger partial charge in [0.15, 0.2) is 24.1 Å². The first-order valence-electron chi connectivity index (χ1n) is 11.1. The van der Waals surface area contributed by atoms with Crippen LogP contribution in [-0.4, -0.2) is 66.6 Å². The molecule has 200 valence electrons. The SMILES string of the molecule is COn1cc(/C=C(/OC(C)=O)[C@H](OC(C)=O)[C@H](OC(C)=O)[C@H](COC(C)=O)OC(C)=O)c2ccccc21. The maximum atomic E-state index is 12.1. The number of fused-ring (bicyclic) bond motifs is 1. The highest BCUT2D eigenvalue weighted by Crippen LogP contribution is 2.28. The predicted octanol–water partition coefficient (Wildman–Crippen LogP) is 1.96. The van der Waals surface area contributed by atoms with Gasteiger partial charge in [-0.25, -0.2) is 0 Å². The third-order valence-corrected chi connectivity index (χ3v) is 4.77. The van der Waals surface area contributed by atoms with E-state index in [4.69, 9.17) is 28.5 Å². The Morgan fingerprint density at radius 3 is 2.00 bits per heavy atom. The summed E-state index contributed by atoms with van der Waals surface area (Å²) in [4.78, 5) is 64.8. The molecule has 12 heteroatoms. The van der Waals surface area contributed by atoms with Crippen LogP contribution in [0.5, 0.6) is 0 Å². The number of carbonyl (C=O) groups is 5. The number of esters is 5. The van der Waals surface area contributed by atoms with Crippen LogP contribution >= 0.6 is 0 Å². The second-order valence-corrected chi connectivity index (χ2v) is 7.80. The van der Waals surface area contributed by atoms with E-state index in [2.05, 4.69) is 0 Å². The van der Waals surface area contributed by atoms with Gasteiger partial charge >= 0.3 is 29.8 Å². The van der Waals surface area contributed by atoms with Crippen LogP contribution in [0, 0.1) is 0 Å². The van der Waals surface area contributed by atoms with Crippen LogP contribution in [0.2, 0.25) is 0 Å². The number of hydrogen-bond donors (Lipinski definition) is 0. The van der Waals surface area contributed by atoms with Gasteiger partial charge in [0.05, 0.1) is 11.7 Å². The second kappa shape index (κ2) is 13.1. The summed E-state index contributed by atoms with van der Waals surface area (Å²) in [6.07, 6.45) is -1.57. The fourth-order valence-corrected chi connectivity index (χ4v) is 3.53. The van der Waals surface area contributed by atoms with Crippen molar-refractivity contribution >= 4 is 46.8 Å². The quantitative estimate of drug-likeness (QED) is 0.244. The van der Waals surface area contributed by atoms with Gasteiger partial charge in [-0.2, -0.15) is 4.73 Å². The van der Waals surface area contributed by atoms with Gasteiger partial charge in [-0.3, -0.25) is 24.0 Å². The van der Waals surface area contributed by atoms with Gasteiger partial charge < -0.3 is 28.5 Å². The van der Waals surface area contributed by atoms with Gasteiger partial charge in [-0.05, 0) is 12.1 Å². The summed E-state index contributed by atoms with van der Waals surface area (Å²) < 4.78 is 27.9. The Morgan fingerprint density at radius 2 is 1.46 bits per heavy atom. The van der Waals surface area contributed by atoms with Crippen molar-refractivity contribution in [2.75, 3.05) is 13.7 Å². The summed E-state index contributed by atoms with van der Waals surface area (Å²) in [7, 11) is 1.46. The summed E-state index contributed by atoms with van der Waals surface area (Å²) in [5, 5.41) is 0.691. The Morgan fingerprint density at radius 1 is 0.838 bits per heavy atom. The van der Waals surface area contributed by atoms with Gasteiger partial charge in [0.1, 0.15) is 13.7 Å². The van der Waals surface area contributed by atoms with Crippen molar-refractivity contribution in [3.05, 3.63) is 41.8 Å². The third-order valence-electron chi connectivity index (χ3n) is 4.77. The molecule has 1 aromatic heterocycles. The minimum atomic E-state index is -1.59. The predicted molar refractivity (Wildman–Crippen MR) is 127 cm³/mol. The molecule has 0 bridgehead atoms. The first-order valence-corrected chi connectivity index (χ1v) is 11.1. The molecule has 0 aliphatic carbocycles. The lowest BCUT2D eigenvalue weighted by atomic mass is 10.0. The average Bonchev–Trinajstić information content (AvgIpc) is 3.15. The fraction of sp³-hybridized carbons (Fsp3) is 0.400. The zero-order valence-electron chi connectivity index (χ0n) is 21.3. The molecule has 1 heterocycles. The number of carbonyl (C=O) groups excluding carboxylic acids is 5. The summed E-state index contributed by atoms with van der Waals surface area (Å²) >= 11 is 0. The molecule has 37 heavy (non-hydrogen) atoms. The van der Waals surface area contributed by atoms with Gasteiger partial charge in [-0.1, -0.05) is 18.2 Å². The molecule has 0 fully saturated rings. The molecule has 0 saturated carbocycles. The Kier molecular flexibility index (Phi) is 10.2. The van der Waals surface area contributed by atoms with Crippen LogP contribution in [0.4, 0.5) is 0 Å². The highest BCUT2D eigenvalue weighted by Gasteiger charge is 2.41. The molecule has 3 atom stereocenters. The highest BCUT2D eigenvalue weighted by molar-refractivity contribution is 5.90. The van der Waals surface area contributed by atoms with E-state index in [1.807, 2.05) is 0 Å². The van der Waals surface area contributed by atoms with Crippen LogP contribution < -0.4 is 4.84 Å². The molecular weight excluding hydrogens is 490 g/mol. The summed E-state index contributed by atoms with van der Waals surface area (Å²) in [5.41, 5.74) is 1.18. The molecule has 1 aromatic carbocycles. The fourth-order valence-electron chi connectivity index (χ4n) is 3.53. The molecule has 0 unspecified atom stereocenters. The van der Waals surface area contributed by atoms with Crippen molar-refractivity contribution in [2.24, 2.45) is 0 Å². The Bertz CT molecular complexity index is 1200. The molecular formula is C25H29NO11. The van der Waals surface area contributed by atoms with Gasteiger partial charge in [0.25, 0.3) is 0 Å². The van der Waals surface area contributed by atoms with E-state index >= 15 is 0 Å². The summed E-state index contributed by atoms with van der Waals surface area (Å²) in [6, 6.07) is 7.17. The maximum absolute atomic E-state index is 12.1. The molecule has 0 aliphatic rings. The molecule has 2 rings (SSSR count). The van der Waals surface area contributed by atoms with Crippen LogP contribution in [0.25, 0.3) is 17.0 Å². The smallest absolute Gasteiger partial charge is 0.307 e. The van der Waals surface area contributed by atoms with E-state index in [-0.39, 0.29) is 5.76 Å². The van der Waals surface area contributed by atoms with Crippen LogP contribution in [0.3, 0.4) is 0 Å². The van der Waals surface area contributed by atoms with Crippen molar-refractivity contribution in [3.63, 3.8) is 0 Å². The molecule has 0 aliphatic heterocycles. The first-order chi connectivity index (χ1) is 17.4. The number of nitrogens with zero attached hydrogens (tertiary/aromatic N) is 1. The van der Waals surface area contributed by atoms with Crippen LogP contribution in [-0.2, 0) is 47.7 Å². The number of aromatic nitrogens is 1. The largest absolute Gasteiger partial charge is 0.462 e. The first kappa shape index (κ1) is 28.9. The van der Waals surface area contributed by atoms with Gasteiger partial charge in [0.2, 0.25) is 0 Å². The number of benzene rings is 1. The minimum Gasteiger partial charge on any atom is -0.462 e. The molecule has 2 aromatic rings. The van der Waals surface area contributed by atoms with Crippen molar-refractivity contribution in [3.8, 4) is 0 Å². The number of rotatable bonds is 11. The van der Waals surface area contributed by atoms with Gasteiger partial charge in [-0.15, -0.1) is 0 Å². The molecule has 0 spiro atoms. The lowest BCUT2D eigenvalue weighted by molar-refractivity contribution is -0.189. The Hall–Kier alpha value is -4.35. The Labute approximate surface area is 212 Å². The Balaban J connectivity index is 2.74. The van der Waals surface area contributed by atoms with Crippen molar-refractivity contribution < 1.29 is 52.5 Å². The second-order valence-electron chi connectivity index (χ2n) is 7.80. The van der Waals surface area contributed by atoms with Crippen molar-refractivity contribution in [1.29, 1.82) is 0 Å². The van der Waals surface area contributed by atoms with Crippen LogP contribution in [0.1, 0.15) is 40.2 Å². The normalized spacial score (nSPS) is 13.6. The van der Waals surface area contributed by atoms with E-state index in [1.54, 1.807) is 30.5 Å². The number of para-hydroxylation sites is 1. The molecule has 12 nitrogen and oxygen atoms in total. The topological polar surface area (TPSA) is 146 Å². The molecule has 0 amide bonds. The molecule has 0 radical (unpaired) electrons. The van der Waals surface area contributed by atoms with E-state index < -0.39 is 54.8 Å². The third kappa shape index (κ3) is 8.37. The minimum absolute atomic E-state index is 0.243. The zero-order chi connectivity index (χ0) is 27.7. The monoisotopic (exact) mass is 519 g/mol. The van der Waals surface area contributed by atoms with Crippen molar-refractivity contribution in [1.82, 2.24) is 4.73 Å². The van der Waals surface area contributed by atoms with E-state index in [9.17, 15) is 24.0 Å². The average molecular weight is 520 g/mol. The van der Waals surface area contributed by atoms with Crippen LogP contribution in [0.15, 0.2) is 36.2 Å². The van der Waals surface area contributed by atoms with Gasteiger partial charge in [0, 0.05) is 45.6 Å². The summed E-state index contributed by atoms with van der Waals surface area (Å²) in [5.74, 6) is -4.17. The number of hydrogen-bond acceptors (Lipinski definition) is 11. The van der Waals surface area contributed by atoms with E-state index in [0.717, 1.165) is 34.6 Å². The lowest BCUT2D eigenvalue weighted by Crippen LogP contribution is -2.48. The van der Waals surface area contributed by atoms with E-state index in [1.165, 1.54) is 17.9 Å². The zero-order valence-corrected chi connectivity index (χ0v) is 21.3. The lowest BCUT2D eigenvalue weighted by Gasteiger charge is -2.32. The maximum Gasteiger partial charge on any atom is 0.307 e. The van der Waals surface area contributed by atoms with E-state index in [0.29, 0.717) is 16.5 Å².